The maximum atomic E-state index is 12.9. The summed E-state index contributed by atoms with van der Waals surface area (Å²) in [6.07, 6.45) is -0.176. The maximum Gasteiger partial charge on any atom is 0.254 e. The lowest BCUT2D eigenvalue weighted by Gasteiger charge is -2.34. The SMILES string of the molecule is COc1ccc(OC)c(NC(=O)C[C@H]2C(=O)NCCN2C(=O)c2ccccc2)c1. The molecule has 1 heterocycles. The van der Waals surface area contributed by atoms with Crippen LogP contribution in [0.5, 0.6) is 11.5 Å². The Morgan fingerprint density at radius 3 is 2.59 bits per heavy atom. The van der Waals surface area contributed by atoms with Gasteiger partial charge in [0.1, 0.15) is 17.5 Å². The summed E-state index contributed by atoms with van der Waals surface area (Å²) in [7, 11) is 3.01. The molecule has 0 saturated carbocycles. The van der Waals surface area contributed by atoms with Crippen molar-refractivity contribution >= 4 is 23.4 Å². The monoisotopic (exact) mass is 397 g/mol. The molecule has 0 aliphatic carbocycles. The highest BCUT2D eigenvalue weighted by molar-refractivity contribution is 6.01. The van der Waals surface area contributed by atoms with Crippen LogP contribution in [0.1, 0.15) is 16.8 Å². The molecule has 2 aromatic rings. The van der Waals surface area contributed by atoms with Crippen molar-refractivity contribution in [3.05, 3.63) is 54.1 Å². The largest absolute Gasteiger partial charge is 0.497 e. The Labute approximate surface area is 168 Å². The topological polar surface area (TPSA) is 97.0 Å². The van der Waals surface area contributed by atoms with E-state index < -0.39 is 11.9 Å². The number of nitrogens with zero attached hydrogens (tertiary/aromatic N) is 1. The Morgan fingerprint density at radius 1 is 1.14 bits per heavy atom. The second kappa shape index (κ2) is 9.09. The summed E-state index contributed by atoms with van der Waals surface area (Å²) in [4.78, 5) is 39.4. The average molecular weight is 397 g/mol. The number of piperazine rings is 1. The van der Waals surface area contributed by atoms with E-state index in [4.69, 9.17) is 9.47 Å². The Hall–Kier alpha value is -3.55. The third-order valence-corrected chi connectivity index (χ3v) is 4.67. The third-order valence-electron chi connectivity index (χ3n) is 4.67. The number of carbonyl (C=O) groups is 3. The quantitative estimate of drug-likeness (QED) is 0.773. The predicted molar refractivity (Wildman–Crippen MR) is 107 cm³/mol. The van der Waals surface area contributed by atoms with E-state index in [1.807, 2.05) is 6.07 Å². The van der Waals surface area contributed by atoms with Gasteiger partial charge in [0.2, 0.25) is 11.8 Å². The van der Waals surface area contributed by atoms with Crippen LogP contribution in [0.4, 0.5) is 5.69 Å². The minimum Gasteiger partial charge on any atom is -0.497 e. The summed E-state index contributed by atoms with van der Waals surface area (Å²) >= 11 is 0. The van der Waals surface area contributed by atoms with Crippen LogP contribution in [0.2, 0.25) is 0 Å². The first kappa shape index (κ1) is 20.2. The fraction of sp³-hybridized carbons (Fsp3) is 0.286. The smallest absolute Gasteiger partial charge is 0.254 e. The van der Waals surface area contributed by atoms with Gasteiger partial charge < -0.3 is 25.0 Å². The summed E-state index contributed by atoms with van der Waals surface area (Å²) in [6, 6.07) is 12.8. The Bertz CT molecular complexity index is 900. The van der Waals surface area contributed by atoms with Crippen molar-refractivity contribution in [2.45, 2.75) is 12.5 Å². The third kappa shape index (κ3) is 4.66. The lowest BCUT2D eigenvalue weighted by atomic mass is 10.1. The number of hydrogen-bond donors (Lipinski definition) is 2. The molecule has 152 valence electrons. The molecule has 0 aromatic heterocycles. The zero-order valence-corrected chi connectivity index (χ0v) is 16.3. The Morgan fingerprint density at radius 2 is 1.90 bits per heavy atom. The minimum atomic E-state index is -0.895. The van der Waals surface area contributed by atoms with E-state index in [-0.39, 0.29) is 18.2 Å². The molecule has 1 aliphatic rings. The van der Waals surface area contributed by atoms with Crippen molar-refractivity contribution < 1.29 is 23.9 Å². The number of amides is 3. The van der Waals surface area contributed by atoms with Gasteiger partial charge in [-0.2, -0.15) is 0 Å². The molecule has 1 atom stereocenters. The Balaban J connectivity index is 1.76. The van der Waals surface area contributed by atoms with Crippen molar-refractivity contribution in [3.63, 3.8) is 0 Å². The number of hydrogen-bond acceptors (Lipinski definition) is 5. The van der Waals surface area contributed by atoms with Crippen LogP contribution in [0, 0.1) is 0 Å². The molecular weight excluding hydrogens is 374 g/mol. The van der Waals surface area contributed by atoms with Crippen LogP contribution in [0.25, 0.3) is 0 Å². The molecule has 3 amide bonds. The average Bonchev–Trinajstić information content (AvgIpc) is 2.75. The van der Waals surface area contributed by atoms with Gasteiger partial charge in [-0.3, -0.25) is 14.4 Å². The molecule has 0 radical (unpaired) electrons. The Kier molecular flexibility index (Phi) is 6.33. The molecule has 8 heteroatoms. The van der Waals surface area contributed by atoms with Gasteiger partial charge in [0.05, 0.1) is 26.3 Å². The fourth-order valence-electron chi connectivity index (χ4n) is 3.20. The molecule has 0 bridgehead atoms. The number of carbonyl (C=O) groups excluding carboxylic acids is 3. The minimum absolute atomic E-state index is 0.176. The molecule has 1 fully saturated rings. The summed E-state index contributed by atoms with van der Waals surface area (Å²) in [6.45, 7) is 0.680. The highest BCUT2D eigenvalue weighted by Crippen LogP contribution is 2.29. The van der Waals surface area contributed by atoms with Crippen LogP contribution in [-0.2, 0) is 9.59 Å². The van der Waals surface area contributed by atoms with Crippen molar-refractivity contribution in [3.8, 4) is 11.5 Å². The van der Waals surface area contributed by atoms with E-state index in [2.05, 4.69) is 10.6 Å². The number of methoxy groups -OCH3 is 2. The van der Waals surface area contributed by atoms with Gasteiger partial charge in [-0.15, -0.1) is 0 Å². The maximum absolute atomic E-state index is 12.9. The second-order valence-corrected chi connectivity index (χ2v) is 6.49. The van der Waals surface area contributed by atoms with E-state index in [0.29, 0.717) is 35.8 Å². The molecule has 3 rings (SSSR count). The predicted octanol–water partition coefficient (Wildman–Crippen LogP) is 1.67. The van der Waals surface area contributed by atoms with Crippen LogP contribution in [0.3, 0.4) is 0 Å². The lowest BCUT2D eigenvalue weighted by molar-refractivity contribution is -0.131. The molecule has 2 aromatic carbocycles. The van der Waals surface area contributed by atoms with Crippen molar-refractivity contribution in [2.24, 2.45) is 0 Å². The number of anilines is 1. The summed E-state index contributed by atoms with van der Waals surface area (Å²) < 4.78 is 10.4. The molecular formula is C21H23N3O5. The van der Waals surface area contributed by atoms with Crippen molar-refractivity contribution in [2.75, 3.05) is 32.6 Å². The fourth-order valence-corrected chi connectivity index (χ4v) is 3.20. The number of nitrogens with one attached hydrogen (secondary N) is 2. The van der Waals surface area contributed by atoms with Crippen LogP contribution in [-0.4, -0.2) is 56.0 Å². The normalized spacial score (nSPS) is 16.0. The zero-order chi connectivity index (χ0) is 20.8. The number of benzene rings is 2. The molecule has 1 aliphatic heterocycles. The highest BCUT2D eigenvalue weighted by atomic mass is 16.5. The highest BCUT2D eigenvalue weighted by Gasteiger charge is 2.35. The van der Waals surface area contributed by atoms with E-state index in [0.717, 1.165) is 0 Å². The molecule has 0 spiro atoms. The lowest BCUT2D eigenvalue weighted by Crippen LogP contribution is -2.58. The second-order valence-electron chi connectivity index (χ2n) is 6.49. The number of rotatable bonds is 6. The van der Waals surface area contributed by atoms with Crippen molar-refractivity contribution in [1.29, 1.82) is 0 Å². The van der Waals surface area contributed by atoms with Gasteiger partial charge in [-0.25, -0.2) is 0 Å². The molecule has 1 saturated heterocycles. The molecule has 0 unspecified atom stereocenters. The van der Waals surface area contributed by atoms with Crippen LogP contribution >= 0.6 is 0 Å². The number of ether oxygens (including phenoxy) is 2. The van der Waals surface area contributed by atoms with E-state index in [1.165, 1.54) is 19.1 Å². The zero-order valence-electron chi connectivity index (χ0n) is 16.3. The van der Waals surface area contributed by atoms with Gasteiger partial charge in [-0.1, -0.05) is 18.2 Å². The first-order chi connectivity index (χ1) is 14.0. The van der Waals surface area contributed by atoms with E-state index in [1.54, 1.807) is 42.5 Å². The standard InChI is InChI=1S/C21H23N3O5/c1-28-15-8-9-18(29-2)16(12-15)23-19(25)13-17-20(26)22-10-11-24(17)21(27)14-6-4-3-5-7-14/h3-9,12,17H,10-11,13H2,1-2H3,(H,22,26)(H,23,25)/t17-/m0/s1. The van der Waals surface area contributed by atoms with Crippen LogP contribution in [0.15, 0.2) is 48.5 Å². The molecule has 2 N–H and O–H groups in total. The van der Waals surface area contributed by atoms with Gasteiger partial charge in [0, 0.05) is 24.7 Å². The first-order valence-corrected chi connectivity index (χ1v) is 9.19. The van der Waals surface area contributed by atoms with Crippen molar-refractivity contribution in [1.82, 2.24) is 10.2 Å². The summed E-state index contributed by atoms with van der Waals surface area (Å²) in [5.74, 6) is -0.0307. The van der Waals surface area contributed by atoms with E-state index >= 15 is 0 Å². The first-order valence-electron chi connectivity index (χ1n) is 9.19. The summed E-state index contributed by atoms with van der Waals surface area (Å²) in [5.41, 5.74) is 0.899. The van der Waals surface area contributed by atoms with Crippen LogP contribution < -0.4 is 20.1 Å². The van der Waals surface area contributed by atoms with Gasteiger partial charge >= 0.3 is 0 Å². The van der Waals surface area contributed by atoms with Gasteiger partial charge in [-0.05, 0) is 24.3 Å². The molecule has 8 nitrogen and oxygen atoms in total. The summed E-state index contributed by atoms with van der Waals surface area (Å²) in [5, 5.41) is 5.46. The van der Waals surface area contributed by atoms with Gasteiger partial charge in [0.15, 0.2) is 0 Å². The van der Waals surface area contributed by atoms with E-state index in [9.17, 15) is 14.4 Å². The van der Waals surface area contributed by atoms with Gasteiger partial charge in [0.25, 0.3) is 5.91 Å². The molecule has 29 heavy (non-hydrogen) atoms.